The van der Waals surface area contributed by atoms with Crippen LogP contribution in [0.25, 0.3) is 0 Å². The molecule has 2 rings (SSSR count). The van der Waals surface area contributed by atoms with Crippen LogP contribution in [0, 0.1) is 0 Å². The van der Waals surface area contributed by atoms with Crippen LogP contribution >= 0.6 is 24.0 Å². The van der Waals surface area contributed by atoms with E-state index in [2.05, 4.69) is 0 Å². The van der Waals surface area contributed by atoms with Gasteiger partial charge in [-0.3, -0.25) is 0 Å². The van der Waals surface area contributed by atoms with Crippen LogP contribution in [0.2, 0.25) is 5.02 Å². The van der Waals surface area contributed by atoms with E-state index in [4.69, 9.17) is 26.8 Å². The molecule has 0 heterocycles. The first-order valence-electron chi connectivity index (χ1n) is 4.88. The van der Waals surface area contributed by atoms with Crippen molar-refractivity contribution in [1.82, 2.24) is 0 Å². The van der Waals surface area contributed by atoms with Gasteiger partial charge in [-0.05, 0) is 25.0 Å². The predicted octanol–water partition coefficient (Wildman–Crippen LogP) is 2.64. The van der Waals surface area contributed by atoms with Crippen LogP contribution in [0.15, 0.2) is 18.2 Å². The molecule has 90 valence electrons. The van der Waals surface area contributed by atoms with E-state index in [9.17, 15) is 0 Å². The van der Waals surface area contributed by atoms with Gasteiger partial charge in [0.25, 0.3) is 0 Å². The zero-order chi connectivity index (χ0) is 10.9. The average Bonchev–Trinajstić information content (AvgIpc) is 2.96. The highest BCUT2D eigenvalue weighted by Gasteiger charge is 2.39. The van der Waals surface area contributed by atoms with Crippen LogP contribution in [-0.4, -0.2) is 19.3 Å². The largest absolute Gasteiger partial charge is 0.497 e. The Morgan fingerprint density at radius 3 is 2.69 bits per heavy atom. The van der Waals surface area contributed by atoms with Gasteiger partial charge in [0.15, 0.2) is 0 Å². The molecule has 0 radical (unpaired) electrons. The van der Waals surface area contributed by atoms with E-state index in [0.29, 0.717) is 17.4 Å². The molecule has 3 nitrogen and oxygen atoms in total. The van der Waals surface area contributed by atoms with Crippen molar-refractivity contribution < 1.29 is 9.47 Å². The van der Waals surface area contributed by atoms with Crippen molar-refractivity contribution in [2.75, 3.05) is 13.7 Å². The summed E-state index contributed by atoms with van der Waals surface area (Å²) in [6.07, 6.45) is 2.04. The number of nitrogens with two attached hydrogens (primary N) is 1. The monoisotopic (exact) mass is 263 g/mol. The Labute approximate surface area is 106 Å². The number of halogens is 2. The van der Waals surface area contributed by atoms with Crippen LogP contribution in [0.1, 0.15) is 12.8 Å². The molecule has 1 aromatic carbocycles. The summed E-state index contributed by atoms with van der Waals surface area (Å²) in [5, 5.41) is 0.583. The maximum atomic E-state index is 5.98. The van der Waals surface area contributed by atoms with Crippen LogP contribution in [0.3, 0.4) is 0 Å². The molecule has 2 N–H and O–H groups in total. The van der Waals surface area contributed by atoms with E-state index < -0.39 is 0 Å². The Morgan fingerprint density at radius 2 is 2.12 bits per heavy atom. The first kappa shape index (κ1) is 13.4. The molecule has 5 heteroatoms. The molecule has 0 atom stereocenters. The number of methoxy groups -OCH3 is 1. The van der Waals surface area contributed by atoms with Gasteiger partial charge in [-0.2, -0.15) is 0 Å². The fourth-order valence-corrected chi connectivity index (χ4v) is 1.42. The second-order valence-corrected chi connectivity index (χ2v) is 4.35. The summed E-state index contributed by atoms with van der Waals surface area (Å²) >= 11 is 5.98. The Morgan fingerprint density at radius 1 is 1.44 bits per heavy atom. The van der Waals surface area contributed by atoms with Crippen molar-refractivity contribution in [2.24, 2.45) is 5.73 Å². The summed E-state index contributed by atoms with van der Waals surface area (Å²) in [5.74, 6) is 1.36. The quantitative estimate of drug-likeness (QED) is 0.909. The highest BCUT2D eigenvalue weighted by molar-refractivity contribution is 6.32. The number of hydrogen-bond acceptors (Lipinski definition) is 3. The lowest BCUT2D eigenvalue weighted by atomic mass is 10.3. The van der Waals surface area contributed by atoms with E-state index in [1.165, 1.54) is 0 Å². The second-order valence-electron chi connectivity index (χ2n) is 3.95. The van der Waals surface area contributed by atoms with Gasteiger partial charge in [0, 0.05) is 6.07 Å². The van der Waals surface area contributed by atoms with E-state index in [0.717, 1.165) is 18.6 Å². The topological polar surface area (TPSA) is 44.5 Å². The molecule has 1 fully saturated rings. The van der Waals surface area contributed by atoms with Crippen molar-refractivity contribution in [3.63, 3.8) is 0 Å². The molecule has 0 unspecified atom stereocenters. The Kier molecular flexibility index (Phi) is 4.30. The van der Waals surface area contributed by atoms with Gasteiger partial charge in [0.2, 0.25) is 0 Å². The van der Waals surface area contributed by atoms with Gasteiger partial charge >= 0.3 is 0 Å². The zero-order valence-corrected chi connectivity index (χ0v) is 10.6. The number of rotatable bonds is 4. The molecule has 1 aromatic rings. The standard InChI is InChI=1S/C11H14ClNO2.ClH/c1-14-8-2-3-9(12)10(6-8)15-7-11(13)4-5-11;/h2-3,6H,4-5,7,13H2,1H3;1H. The van der Waals surface area contributed by atoms with Gasteiger partial charge in [-0.15, -0.1) is 12.4 Å². The van der Waals surface area contributed by atoms with Crippen molar-refractivity contribution in [3.05, 3.63) is 23.2 Å². The Balaban J connectivity index is 0.00000128. The molecule has 1 aliphatic carbocycles. The predicted molar refractivity (Wildman–Crippen MR) is 66.9 cm³/mol. The zero-order valence-electron chi connectivity index (χ0n) is 9.03. The lowest BCUT2D eigenvalue weighted by Crippen LogP contribution is -2.29. The van der Waals surface area contributed by atoms with E-state index in [1.54, 1.807) is 25.3 Å². The maximum absolute atomic E-state index is 5.98. The van der Waals surface area contributed by atoms with Crippen molar-refractivity contribution in [2.45, 2.75) is 18.4 Å². The number of benzene rings is 1. The van der Waals surface area contributed by atoms with E-state index >= 15 is 0 Å². The fraction of sp³-hybridized carbons (Fsp3) is 0.455. The Hall–Kier alpha value is -0.640. The first-order valence-corrected chi connectivity index (χ1v) is 5.26. The normalized spacial score (nSPS) is 16.2. The average molecular weight is 264 g/mol. The molecule has 0 aromatic heterocycles. The van der Waals surface area contributed by atoms with Crippen LogP contribution in [0.5, 0.6) is 11.5 Å². The van der Waals surface area contributed by atoms with Gasteiger partial charge in [0.1, 0.15) is 18.1 Å². The lowest BCUT2D eigenvalue weighted by molar-refractivity contribution is 0.278. The minimum absolute atomic E-state index is 0. The summed E-state index contributed by atoms with van der Waals surface area (Å²) in [7, 11) is 1.61. The molecular formula is C11H15Cl2NO2. The molecular weight excluding hydrogens is 249 g/mol. The lowest BCUT2D eigenvalue weighted by Gasteiger charge is -2.13. The van der Waals surface area contributed by atoms with Crippen molar-refractivity contribution in [1.29, 1.82) is 0 Å². The molecule has 1 saturated carbocycles. The minimum atomic E-state index is -0.133. The summed E-state index contributed by atoms with van der Waals surface area (Å²) in [6.45, 7) is 0.514. The molecule has 1 aliphatic rings. The van der Waals surface area contributed by atoms with E-state index in [-0.39, 0.29) is 17.9 Å². The summed E-state index contributed by atoms with van der Waals surface area (Å²) < 4.78 is 10.7. The van der Waals surface area contributed by atoms with Crippen molar-refractivity contribution >= 4 is 24.0 Å². The third-order valence-electron chi connectivity index (χ3n) is 2.55. The SMILES string of the molecule is COc1ccc(Cl)c(OCC2(N)CC2)c1.Cl. The van der Waals surface area contributed by atoms with Gasteiger partial charge in [-0.25, -0.2) is 0 Å². The summed E-state index contributed by atoms with van der Waals surface area (Å²) in [4.78, 5) is 0. The van der Waals surface area contributed by atoms with Crippen LogP contribution < -0.4 is 15.2 Å². The molecule has 16 heavy (non-hydrogen) atoms. The minimum Gasteiger partial charge on any atom is -0.497 e. The maximum Gasteiger partial charge on any atom is 0.141 e. The molecule has 0 saturated heterocycles. The van der Waals surface area contributed by atoms with Gasteiger partial charge in [0.05, 0.1) is 17.7 Å². The molecule has 0 bridgehead atoms. The second kappa shape index (κ2) is 5.13. The molecule has 0 aliphatic heterocycles. The van der Waals surface area contributed by atoms with Crippen molar-refractivity contribution in [3.8, 4) is 11.5 Å². The van der Waals surface area contributed by atoms with Crippen LogP contribution in [0.4, 0.5) is 0 Å². The number of ether oxygens (including phenoxy) is 2. The smallest absolute Gasteiger partial charge is 0.141 e. The number of hydrogen-bond donors (Lipinski definition) is 1. The molecule has 0 amide bonds. The fourth-order valence-electron chi connectivity index (χ4n) is 1.25. The molecule has 0 spiro atoms. The summed E-state index contributed by atoms with van der Waals surface area (Å²) in [6, 6.07) is 5.32. The highest BCUT2D eigenvalue weighted by atomic mass is 35.5. The first-order chi connectivity index (χ1) is 7.13. The van der Waals surface area contributed by atoms with Gasteiger partial charge in [-0.1, -0.05) is 11.6 Å². The van der Waals surface area contributed by atoms with Crippen LogP contribution in [-0.2, 0) is 0 Å². The van der Waals surface area contributed by atoms with Gasteiger partial charge < -0.3 is 15.2 Å². The van der Waals surface area contributed by atoms with E-state index in [1.807, 2.05) is 0 Å². The third-order valence-corrected chi connectivity index (χ3v) is 2.86. The Bertz CT molecular complexity index is 367. The summed E-state index contributed by atoms with van der Waals surface area (Å²) in [5.41, 5.74) is 5.78. The highest BCUT2D eigenvalue weighted by Crippen LogP contribution is 2.35. The third kappa shape index (κ3) is 3.17.